The van der Waals surface area contributed by atoms with Crippen LogP contribution >= 0.6 is 11.6 Å². The fourth-order valence-corrected chi connectivity index (χ4v) is 5.60. The molecule has 0 bridgehead atoms. The van der Waals surface area contributed by atoms with E-state index in [9.17, 15) is 13.2 Å². The number of hydrogen-bond acceptors (Lipinski definition) is 4. The molecule has 0 radical (unpaired) electrons. The zero-order valence-corrected chi connectivity index (χ0v) is 19.0. The van der Waals surface area contributed by atoms with Gasteiger partial charge in [0, 0.05) is 30.5 Å². The van der Waals surface area contributed by atoms with Gasteiger partial charge < -0.3 is 5.32 Å². The van der Waals surface area contributed by atoms with Crippen LogP contribution in [0.1, 0.15) is 30.0 Å². The lowest BCUT2D eigenvalue weighted by atomic mass is 9.95. The molecule has 0 spiro atoms. The van der Waals surface area contributed by atoms with E-state index in [1.165, 1.54) is 16.4 Å². The van der Waals surface area contributed by atoms with Crippen LogP contribution < -0.4 is 5.32 Å². The van der Waals surface area contributed by atoms with Gasteiger partial charge in [-0.05, 0) is 60.4 Å². The molecular formula is C24H24ClN3O3S. The highest BCUT2D eigenvalue weighted by Gasteiger charge is 2.34. The fraction of sp³-hybridized carbons (Fsp3) is 0.250. The summed E-state index contributed by atoms with van der Waals surface area (Å²) in [4.78, 5) is 17.5. The monoisotopic (exact) mass is 469 g/mol. The molecule has 8 heteroatoms. The molecule has 1 aliphatic heterocycles. The molecule has 4 rings (SSSR count). The molecule has 2 unspecified atom stereocenters. The topological polar surface area (TPSA) is 79.4 Å². The number of pyridine rings is 1. The molecule has 1 N–H and O–H groups in total. The quantitative estimate of drug-likeness (QED) is 0.590. The van der Waals surface area contributed by atoms with Gasteiger partial charge >= 0.3 is 0 Å². The third kappa shape index (κ3) is 5.01. The van der Waals surface area contributed by atoms with Crippen LogP contribution in [0.25, 0.3) is 0 Å². The Balaban J connectivity index is 1.52. The second kappa shape index (κ2) is 9.81. The summed E-state index contributed by atoms with van der Waals surface area (Å²) < 4.78 is 27.5. The number of nitrogens with zero attached hydrogens (tertiary/aromatic N) is 2. The molecule has 32 heavy (non-hydrogen) atoms. The number of aromatic nitrogens is 1. The number of rotatable bonds is 6. The maximum absolute atomic E-state index is 13.2. The highest BCUT2D eigenvalue weighted by Crippen LogP contribution is 2.27. The minimum Gasteiger partial charge on any atom is -0.345 e. The predicted octanol–water partition coefficient (Wildman–Crippen LogP) is 4.04. The second-order valence-electron chi connectivity index (χ2n) is 7.79. The van der Waals surface area contributed by atoms with Gasteiger partial charge in [0.25, 0.3) is 0 Å². The zero-order chi connectivity index (χ0) is 22.6. The van der Waals surface area contributed by atoms with E-state index in [0.29, 0.717) is 24.4 Å². The van der Waals surface area contributed by atoms with E-state index in [1.807, 2.05) is 42.5 Å². The third-order valence-electron chi connectivity index (χ3n) is 5.67. The number of piperidine rings is 1. The van der Waals surface area contributed by atoms with Crippen molar-refractivity contribution in [2.45, 2.75) is 23.8 Å². The standard InChI is InChI=1S/C24H24ClN3O3S/c25-21-8-10-22(11-9-21)32(30,31)28-16-4-7-20(17-28)24(29)27-23(18-5-2-1-3-6-18)19-12-14-26-15-13-19/h1-3,5-6,8-15,20,23H,4,7,16-17H2,(H,27,29). The molecule has 166 valence electrons. The van der Waals surface area contributed by atoms with Crippen molar-refractivity contribution in [1.29, 1.82) is 0 Å². The first-order valence-corrected chi connectivity index (χ1v) is 12.3. The number of benzene rings is 2. The number of hydrogen-bond donors (Lipinski definition) is 1. The van der Waals surface area contributed by atoms with Crippen molar-refractivity contribution in [3.05, 3.63) is 95.3 Å². The molecule has 2 heterocycles. The first-order chi connectivity index (χ1) is 15.4. The number of carbonyl (C=O) groups is 1. The molecule has 3 aromatic rings. The van der Waals surface area contributed by atoms with Crippen molar-refractivity contribution in [2.24, 2.45) is 5.92 Å². The molecule has 0 saturated carbocycles. The molecule has 6 nitrogen and oxygen atoms in total. The van der Waals surface area contributed by atoms with E-state index in [-0.39, 0.29) is 23.4 Å². The van der Waals surface area contributed by atoms with Gasteiger partial charge in [-0.2, -0.15) is 4.31 Å². The normalized spacial score (nSPS) is 18.1. The predicted molar refractivity (Wildman–Crippen MR) is 124 cm³/mol. The minimum absolute atomic E-state index is 0.147. The maximum atomic E-state index is 13.2. The highest BCUT2D eigenvalue weighted by molar-refractivity contribution is 7.89. The summed E-state index contributed by atoms with van der Waals surface area (Å²) in [6, 6.07) is 19.2. The Morgan fingerprint density at radius 2 is 1.66 bits per heavy atom. The van der Waals surface area contributed by atoms with E-state index < -0.39 is 15.9 Å². The summed E-state index contributed by atoms with van der Waals surface area (Å²) in [5.41, 5.74) is 1.87. The number of carbonyl (C=O) groups excluding carboxylic acids is 1. The van der Waals surface area contributed by atoms with E-state index in [1.54, 1.807) is 24.5 Å². The summed E-state index contributed by atoms with van der Waals surface area (Å²) in [7, 11) is -3.69. The summed E-state index contributed by atoms with van der Waals surface area (Å²) in [6.45, 7) is 0.538. The summed E-state index contributed by atoms with van der Waals surface area (Å²) in [5.74, 6) is -0.592. The van der Waals surface area contributed by atoms with Crippen molar-refractivity contribution >= 4 is 27.5 Å². The van der Waals surface area contributed by atoms with Gasteiger partial charge in [-0.3, -0.25) is 9.78 Å². The SMILES string of the molecule is O=C(NC(c1ccccc1)c1ccncc1)C1CCCN(S(=O)(=O)c2ccc(Cl)cc2)C1. The van der Waals surface area contributed by atoms with Crippen molar-refractivity contribution < 1.29 is 13.2 Å². The molecule has 1 aliphatic rings. The molecule has 1 fully saturated rings. The Bertz CT molecular complexity index is 1120. The highest BCUT2D eigenvalue weighted by atomic mass is 35.5. The van der Waals surface area contributed by atoms with Gasteiger partial charge in [0.05, 0.1) is 16.9 Å². The van der Waals surface area contributed by atoms with Crippen LogP contribution in [0, 0.1) is 5.92 Å². The van der Waals surface area contributed by atoms with Crippen molar-refractivity contribution in [3.8, 4) is 0 Å². The number of sulfonamides is 1. The largest absolute Gasteiger partial charge is 0.345 e. The third-order valence-corrected chi connectivity index (χ3v) is 7.80. The lowest BCUT2D eigenvalue weighted by molar-refractivity contribution is -0.126. The lowest BCUT2D eigenvalue weighted by Gasteiger charge is -2.32. The van der Waals surface area contributed by atoms with E-state index in [4.69, 9.17) is 11.6 Å². The molecular weight excluding hydrogens is 446 g/mol. The molecule has 2 atom stereocenters. The van der Waals surface area contributed by atoms with Crippen LogP contribution in [-0.2, 0) is 14.8 Å². The van der Waals surface area contributed by atoms with Gasteiger partial charge in [-0.25, -0.2) is 8.42 Å². The Morgan fingerprint density at radius 3 is 2.34 bits per heavy atom. The van der Waals surface area contributed by atoms with E-state index in [2.05, 4.69) is 10.3 Å². The van der Waals surface area contributed by atoms with Crippen molar-refractivity contribution in [1.82, 2.24) is 14.6 Å². The van der Waals surface area contributed by atoms with Gasteiger partial charge in [0.15, 0.2) is 0 Å². The first-order valence-electron chi connectivity index (χ1n) is 10.5. The van der Waals surface area contributed by atoms with Gasteiger partial charge in [0.1, 0.15) is 0 Å². The van der Waals surface area contributed by atoms with Crippen molar-refractivity contribution in [3.63, 3.8) is 0 Å². The molecule has 1 aromatic heterocycles. The van der Waals surface area contributed by atoms with Crippen LogP contribution in [0.4, 0.5) is 0 Å². The molecule has 1 amide bonds. The fourth-order valence-electron chi connectivity index (χ4n) is 3.95. The van der Waals surface area contributed by atoms with E-state index >= 15 is 0 Å². The van der Waals surface area contributed by atoms with Crippen LogP contribution in [0.3, 0.4) is 0 Å². The van der Waals surface area contributed by atoms with Gasteiger partial charge in [0.2, 0.25) is 15.9 Å². The first kappa shape index (κ1) is 22.5. The maximum Gasteiger partial charge on any atom is 0.243 e. The minimum atomic E-state index is -3.69. The summed E-state index contributed by atoms with van der Waals surface area (Å²) in [6.07, 6.45) is 4.64. The number of amides is 1. The van der Waals surface area contributed by atoms with Gasteiger partial charge in [-0.15, -0.1) is 0 Å². The Kier molecular flexibility index (Phi) is 6.89. The number of nitrogens with one attached hydrogen (secondary N) is 1. The molecule has 2 aromatic carbocycles. The van der Waals surface area contributed by atoms with Crippen LogP contribution in [-0.4, -0.2) is 36.7 Å². The Labute approximate surface area is 193 Å². The average Bonchev–Trinajstić information content (AvgIpc) is 2.84. The summed E-state index contributed by atoms with van der Waals surface area (Å²) >= 11 is 5.90. The van der Waals surface area contributed by atoms with E-state index in [0.717, 1.165) is 11.1 Å². The Morgan fingerprint density at radius 1 is 1.00 bits per heavy atom. The van der Waals surface area contributed by atoms with Crippen LogP contribution in [0.2, 0.25) is 5.02 Å². The number of halogens is 1. The van der Waals surface area contributed by atoms with Gasteiger partial charge in [-0.1, -0.05) is 41.9 Å². The second-order valence-corrected chi connectivity index (χ2v) is 10.2. The zero-order valence-electron chi connectivity index (χ0n) is 17.4. The van der Waals surface area contributed by atoms with Crippen LogP contribution in [0.15, 0.2) is 84.0 Å². The van der Waals surface area contributed by atoms with Crippen LogP contribution in [0.5, 0.6) is 0 Å². The summed E-state index contributed by atoms with van der Waals surface area (Å²) in [5, 5.41) is 3.61. The lowest BCUT2D eigenvalue weighted by Crippen LogP contribution is -2.46. The van der Waals surface area contributed by atoms with Crippen molar-refractivity contribution in [2.75, 3.05) is 13.1 Å². The average molecular weight is 470 g/mol. The smallest absolute Gasteiger partial charge is 0.243 e. The molecule has 1 saturated heterocycles. The molecule has 0 aliphatic carbocycles. The Hall–Kier alpha value is -2.74.